The van der Waals surface area contributed by atoms with Gasteiger partial charge in [-0.1, -0.05) is 0 Å². The largest absolute Gasteiger partial charge is 0.451 e. The predicted octanol–water partition coefficient (Wildman–Crippen LogP) is 1.06. The number of nitrogens with one attached hydrogen (secondary N) is 2. The molecule has 6 nitrogen and oxygen atoms in total. The number of rotatable bonds is 5. The molecule has 116 valence electrons. The van der Waals surface area contributed by atoms with Crippen molar-refractivity contribution in [1.82, 2.24) is 10.6 Å². The van der Waals surface area contributed by atoms with Crippen molar-refractivity contribution in [1.29, 1.82) is 0 Å². The summed E-state index contributed by atoms with van der Waals surface area (Å²) < 4.78 is 18.7. The van der Waals surface area contributed by atoms with Crippen molar-refractivity contribution in [3.05, 3.63) is 35.0 Å². The standard InChI is InChI=1S/C14H13FN2O4S/c1-16-12(18)6-17-13(19)7-21-14(20)11-5-8-4-9(15)2-3-10(8)22-11/h2-5H,6-7H2,1H3,(H,16,18)(H,17,19). The van der Waals surface area contributed by atoms with E-state index in [-0.39, 0.29) is 17.3 Å². The monoisotopic (exact) mass is 324 g/mol. The Balaban J connectivity index is 1.91. The molecule has 2 N–H and O–H groups in total. The fraction of sp³-hybridized carbons (Fsp3) is 0.214. The van der Waals surface area contributed by atoms with Crippen LogP contribution in [0.4, 0.5) is 4.39 Å². The third-order valence-electron chi connectivity index (χ3n) is 2.74. The van der Waals surface area contributed by atoms with Crippen molar-refractivity contribution >= 4 is 39.2 Å². The molecule has 1 aromatic heterocycles. The molecule has 2 rings (SSSR count). The molecular weight excluding hydrogens is 311 g/mol. The van der Waals surface area contributed by atoms with Crippen LogP contribution in [0, 0.1) is 5.82 Å². The predicted molar refractivity (Wildman–Crippen MR) is 79.1 cm³/mol. The first-order valence-electron chi connectivity index (χ1n) is 6.33. The van der Waals surface area contributed by atoms with E-state index >= 15 is 0 Å². The normalized spacial score (nSPS) is 10.3. The van der Waals surface area contributed by atoms with Gasteiger partial charge in [-0.05, 0) is 29.7 Å². The number of thiophene rings is 1. The SMILES string of the molecule is CNC(=O)CNC(=O)COC(=O)c1cc2cc(F)ccc2s1. The Kier molecular flexibility index (Phi) is 5.05. The maximum absolute atomic E-state index is 13.1. The smallest absolute Gasteiger partial charge is 0.348 e. The van der Waals surface area contributed by atoms with E-state index in [4.69, 9.17) is 4.74 Å². The Morgan fingerprint density at radius 2 is 2.00 bits per heavy atom. The van der Waals surface area contributed by atoms with E-state index in [2.05, 4.69) is 10.6 Å². The van der Waals surface area contributed by atoms with Crippen molar-refractivity contribution in [3.8, 4) is 0 Å². The van der Waals surface area contributed by atoms with Gasteiger partial charge in [-0.2, -0.15) is 0 Å². The van der Waals surface area contributed by atoms with E-state index in [0.29, 0.717) is 5.39 Å². The lowest BCUT2D eigenvalue weighted by molar-refractivity contribution is -0.127. The minimum atomic E-state index is -0.670. The van der Waals surface area contributed by atoms with Gasteiger partial charge in [-0.25, -0.2) is 9.18 Å². The summed E-state index contributed by atoms with van der Waals surface area (Å²) in [6, 6.07) is 5.70. The number of carbonyl (C=O) groups is 3. The summed E-state index contributed by atoms with van der Waals surface area (Å²) in [6.07, 6.45) is 0. The molecule has 1 aromatic carbocycles. The average Bonchev–Trinajstić information content (AvgIpc) is 2.93. The molecular formula is C14H13FN2O4S. The van der Waals surface area contributed by atoms with Gasteiger partial charge >= 0.3 is 5.97 Å². The number of esters is 1. The fourth-order valence-corrected chi connectivity index (χ4v) is 2.57. The van der Waals surface area contributed by atoms with Crippen LogP contribution >= 0.6 is 11.3 Å². The topological polar surface area (TPSA) is 84.5 Å². The molecule has 0 fully saturated rings. The van der Waals surface area contributed by atoms with Gasteiger partial charge in [-0.15, -0.1) is 11.3 Å². The van der Waals surface area contributed by atoms with Gasteiger partial charge in [-0.3, -0.25) is 9.59 Å². The van der Waals surface area contributed by atoms with Gasteiger partial charge in [0.1, 0.15) is 10.7 Å². The minimum Gasteiger partial charge on any atom is -0.451 e. The van der Waals surface area contributed by atoms with Crippen LogP contribution in [0.15, 0.2) is 24.3 Å². The zero-order valence-electron chi connectivity index (χ0n) is 11.6. The molecule has 0 spiro atoms. The molecule has 0 aliphatic rings. The van der Waals surface area contributed by atoms with Crippen LogP contribution in [0.3, 0.4) is 0 Å². The highest BCUT2D eigenvalue weighted by molar-refractivity contribution is 7.20. The minimum absolute atomic E-state index is 0.185. The van der Waals surface area contributed by atoms with Crippen LogP contribution in [-0.4, -0.2) is 38.0 Å². The molecule has 0 atom stereocenters. The first kappa shape index (κ1) is 15.9. The number of likely N-dealkylation sites (N-methyl/N-ethyl adjacent to an activating group) is 1. The second-order valence-corrected chi connectivity index (χ2v) is 5.40. The van der Waals surface area contributed by atoms with Crippen molar-refractivity contribution in [2.45, 2.75) is 0 Å². The van der Waals surface area contributed by atoms with Gasteiger partial charge in [0.25, 0.3) is 5.91 Å². The zero-order valence-corrected chi connectivity index (χ0v) is 12.5. The summed E-state index contributed by atoms with van der Waals surface area (Å²) in [5.74, 6) is -1.99. The number of amides is 2. The van der Waals surface area contributed by atoms with Crippen LogP contribution in [0.2, 0.25) is 0 Å². The Labute approximate surface area is 129 Å². The molecule has 0 unspecified atom stereocenters. The molecule has 0 bridgehead atoms. The second-order valence-electron chi connectivity index (χ2n) is 4.32. The van der Waals surface area contributed by atoms with Crippen LogP contribution < -0.4 is 10.6 Å². The highest BCUT2D eigenvalue weighted by Gasteiger charge is 2.14. The van der Waals surface area contributed by atoms with Crippen LogP contribution in [0.25, 0.3) is 10.1 Å². The Hall–Kier alpha value is -2.48. The summed E-state index contributed by atoms with van der Waals surface area (Å²) in [4.78, 5) is 34.5. The summed E-state index contributed by atoms with van der Waals surface area (Å²) in [5, 5.41) is 5.24. The van der Waals surface area contributed by atoms with Crippen LogP contribution in [-0.2, 0) is 14.3 Å². The molecule has 1 heterocycles. The lowest BCUT2D eigenvalue weighted by Crippen LogP contribution is -2.37. The second kappa shape index (κ2) is 6.99. The van der Waals surface area contributed by atoms with E-state index in [1.54, 1.807) is 6.07 Å². The van der Waals surface area contributed by atoms with Crippen molar-refractivity contribution in [2.75, 3.05) is 20.2 Å². The van der Waals surface area contributed by atoms with E-state index in [1.807, 2.05) is 0 Å². The first-order valence-corrected chi connectivity index (χ1v) is 7.14. The van der Waals surface area contributed by atoms with E-state index < -0.39 is 24.3 Å². The number of hydrogen-bond donors (Lipinski definition) is 2. The van der Waals surface area contributed by atoms with Gasteiger partial charge < -0.3 is 15.4 Å². The third kappa shape index (κ3) is 4.01. The first-order chi connectivity index (χ1) is 10.5. The van der Waals surface area contributed by atoms with Gasteiger partial charge in [0, 0.05) is 11.7 Å². The zero-order chi connectivity index (χ0) is 16.1. The molecule has 0 aliphatic heterocycles. The highest BCUT2D eigenvalue weighted by Crippen LogP contribution is 2.26. The molecule has 2 amide bonds. The number of benzene rings is 1. The quantitative estimate of drug-likeness (QED) is 0.806. The Morgan fingerprint density at radius 3 is 2.73 bits per heavy atom. The molecule has 2 aromatic rings. The summed E-state index contributed by atoms with van der Waals surface area (Å²) in [7, 11) is 1.44. The van der Waals surface area contributed by atoms with Crippen molar-refractivity contribution < 1.29 is 23.5 Å². The van der Waals surface area contributed by atoms with Gasteiger partial charge in [0.2, 0.25) is 5.91 Å². The summed E-state index contributed by atoms with van der Waals surface area (Å²) in [5.41, 5.74) is 0. The van der Waals surface area contributed by atoms with Gasteiger partial charge in [0.05, 0.1) is 6.54 Å². The maximum atomic E-state index is 13.1. The van der Waals surface area contributed by atoms with E-state index in [1.165, 1.54) is 25.2 Å². The van der Waals surface area contributed by atoms with E-state index in [0.717, 1.165) is 16.0 Å². The van der Waals surface area contributed by atoms with Crippen LogP contribution in [0.1, 0.15) is 9.67 Å². The Morgan fingerprint density at radius 1 is 1.23 bits per heavy atom. The molecule has 8 heteroatoms. The summed E-state index contributed by atoms with van der Waals surface area (Å²) >= 11 is 1.15. The summed E-state index contributed by atoms with van der Waals surface area (Å²) in [6.45, 7) is -0.673. The number of ether oxygens (including phenoxy) is 1. The lowest BCUT2D eigenvalue weighted by atomic mass is 10.2. The fourth-order valence-electron chi connectivity index (χ4n) is 1.64. The lowest BCUT2D eigenvalue weighted by Gasteiger charge is -2.04. The van der Waals surface area contributed by atoms with Gasteiger partial charge in [0.15, 0.2) is 6.61 Å². The average molecular weight is 324 g/mol. The number of halogens is 1. The molecule has 22 heavy (non-hydrogen) atoms. The molecule has 0 saturated heterocycles. The Bertz CT molecular complexity index is 729. The number of carbonyl (C=O) groups excluding carboxylic acids is 3. The van der Waals surface area contributed by atoms with Crippen LogP contribution in [0.5, 0.6) is 0 Å². The maximum Gasteiger partial charge on any atom is 0.348 e. The molecule has 0 radical (unpaired) electrons. The number of fused-ring (bicyclic) bond motifs is 1. The van der Waals surface area contributed by atoms with E-state index in [9.17, 15) is 18.8 Å². The molecule has 0 aliphatic carbocycles. The highest BCUT2D eigenvalue weighted by atomic mass is 32.1. The number of hydrogen-bond acceptors (Lipinski definition) is 5. The van der Waals surface area contributed by atoms with Crippen molar-refractivity contribution in [2.24, 2.45) is 0 Å². The molecule has 0 saturated carbocycles. The third-order valence-corrected chi connectivity index (χ3v) is 3.83. The van der Waals surface area contributed by atoms with Crippen molar-refractivity contribution in [3.63, 3.8) is 0 Å².